The number of fused-ring (bicyclic) bond motifs is 1. The first-order valence-electron chi connectivity index (χ1n) is 6.98. The number of Topliss-reactive ketones (excluding diaryl/α,β-unsaturated/α-hetero) is 1. The molecule has 1 aromatic heterocycles. The van der Waals surface area contributed by atoms with E-state index in [4.69, 9.17) is 0 Å². The number of carbonyl (C=O) groups excluding carboxylic acids is 1. The molecule has 21 heavy (non-hydrogen) atoms. The largest absolute Gasteiger partial charge is 0.347 e. The summed E-state index contributed by atoms with van der Waals surface area (Å²) in [6, 6.07) is 14.0. The molecule has 0 bridgehead atoms. The fourth-order valence-electron chi connectivity index (χ4n) is 2.57. The van der Waals surface area contributed by atoms with Crippen molar-refractivity contribution in [2.45, 2.75) is 19.9 Å². The van der Waals surface area contributed by atoms with Gasteiger partial charge in [-0.15, -0.1) is 0 Å². The van der Waals surface area contributed by atoms with Gasteiger partial charge in [-0.05, 0) is 48.9 Å². The summed E-state index contributed by atoms with van der Waals surface area (Å²) in [7, 11) is 0. The van der Waals surface area contributed by atoms with E-state index in [9.17, 15) is 9.18 Å². The van der Waals surface area contributed by atoms with Crippen LogP contribution in [-0.4, -0.2) is 10.4 Å². The monoisotopic (exact) mass is 281 g/mol. The molecule has 2 aromatic carbocycles. The molecular weight excluding hydrogens is 265 g/mol. The van der Waals surface area contributed by atoms with Crippen molar-refractivity contribution < 1.29 is 9.18 Å². The van der Waals surface area contributed by atoms with Gasteiger partial charge in [0.2, 0.25) is 0 Å². The Morgan fingerprint density at radius 3 is 2.62 bits per heavy atom. The molecule has 0 unspecified atom stereocenters. The first-order chi connectivity index (χ1) is 10.1. The van der Waals surface area contributed by atoms with E-state index in [0.717, 1.165) is 5.52 Å². The number of hydrogen-bond donors (Lipinski definition) is 0. The van der Waals surface area contributed by atoms with Crippen LogP contribution in [0.15, 0.2) is 54.7 Å². The number of aryl methyl sites for hydroxylation is 2. The smallest absolute Gasteiger partial charge is 0.164 e. The van der Waals surface area contributed by atoms with Crippen molar-refractivity contribution in [1.29, 1.82) is 0 Å². The molecule has 1 heterocycles. The number of rotatable bonds is 4. The van der Waals surface area contributed by atoms with Gasteiger partial charge >= 0.3 is 0 Å². The molecule has 3 heteroatoms. The molecule has 0 aliphatic heterocycles. The van der Waals surface area contributed by atoms with Gasteiger partial charge in [-0.1, -0.05) is 12.1 Å². The summed E-state index contributed by atoms with van der Waals surface area (Å²) in [5.41, 5.74) is 2.93. The molecule has 0 N–H and O–H groups in total. The normalized spacial score (nSPS) is 11.0. The minimum absolute atomic E-state index is 0.0319. The lowest BCUT2D eigenvalue weighted by molar-refractivity contribution is 0.0977. The Balaban J connectivity index is 1.76. The highest BCUT2D eigenvalue weighted by Gasteiger charge is 2.08. The third-order valence-corrected chi connectivity index (χ3v) is 3.78. The zero-order valence-electron chi connectivity index (χ0n) is 11.8. The molecule has 0 atom stereocenters. The highest BCUT2D eigenvalue weighted by Crippen LogP contribution is 2.20. The average Bonchev–Trinajstić information content (AvgIpc) is 2.90. The van der Waals surface area contributed by atoms with Crippen LogP contribution >= 0.6 is 0 Å². The predicted octanol–water partition coefficient (Wildman–Crippen LogP) is 4.36. The summed E-state index contributed by atoms with van der Waals surface area (Å²) in [5, 5.41) is 1.21. The van der Waals surface area contributed by atoms with Gasteiger partial charge in [-0.2, -0.15) is 0 Å². The van der Waals surface area contributed by atoms with E-state index in [1.54, 1.807) is 0 Å². The Kier molecular flexibility index (Phi) is 3.57. The number of carbonyl (C=O) groups is 1. The molecule has 0 radical (unpaired) electrons. The number of benzene rings is 2. The lowest BCUT2D eigenvalue weighted by Crippen LogP contribution is -2.05. The second-order valence-corrected chi connectivity index (χ2v) is 5.20. The van der Waals surface area contributed by atoms with Crippen LogP contribution in [0.4, 0.5) is 4.39 Å². The second kappa shape index (κ2) is 5.52. The SMILES string of the molecule is Cc1cccc2c1ccn2CCC(=O)c1ccc(F)cc1. The molecule has 3 aromatic rings. The molecule has 0 aliphatic rings. The summed E-state index contributed by atoms with van der Waals surface area (Å²) in [6.07, 6.45) is 2.42. The Labute approximate surface area is 122 Å². The number of hydrogen-bond acceptors (Lipinski definition) is 1. The molecule has 3 rings (SSSR count). The fraction of sp³-hybridized carbons (Fsp3) is 0.167. The Hall–Kier alpha value is -2.42. The van der Waals surface area contributed by atoms with Crippen LogP contribution in [0.3, 0.4) is 0 Å². The van der Waals surface area contributed by atoms with Gasteiger partial charge in [0.1, 0.15) is 5.82 Å². The van der Waals surface area contributed by atoms with Crippen LogP contribution in [0.5, 0.6) is 0 Å². The van der Waals surface area contributed by atoms with Crippen LogP contribution in [0.25, 0.3) is 10.9 Å². The number of ketones is 1. The van der Waals surface area contributed by atoms with Crippen LogP contribution in [-0.2, 0) is 6.54 Å². The molecule has 0 amide bonds. The summed E-state index contributed by atoms with van der Waals surface area (Å²) in [6.45, 7) is 2.71. The van der Waals surface area contributed by atoms with Crippen LogP contribution in [0, 0.1) is 12.7 Å². The van der Waals surface area contributed by atoms with Crippen molar-refractivity contribution in [3.8, 4) is 0 Å². The van der Waals surface area contributed by atoms with Gasteiger partial charge in [0.15, 0.2) is 5.78 Å². The van der Waals surface area contributed by atoms with Gasteiger partial charge in [0, 0.05) is 35.6 Å². The number of aromatic nitrogens is 1. The van der Waals surface area contributed by atoms with E-state index >= 15 is 0 Å². The zero-order valence-corrected chi connectivity index (χ0v) is 11.8. The summed E-state index contributed by atoms with van der Waals surface area (Å²) in [4.78, 5) is 12.1. The van der Waals surface area contributed by atoms with Gasteiger partial charge in [-0.25, -0.2) is 4.39 Å². The van der Waals surface area contributed by atoms with Crippen molar-refractivity contribution in [1.82, 2.24) is 4.57 Å². The van der Waals surface area contributed by atoms with Crippen molar-refractivity contribution in [3.63, 3.8) is 0 Å². The zero-order chi connectivity index (χ0) is 14.8. The molecule has 0 spiro atoms. The lowest BCUT2D eigenvalue weighted by atomic mass is 10.1. The Morgan fingerprint density at radius 2 is 1.86 bits per heavy atom. The van der Waals surface area contributed by atoms with E-state index in [1.807, 2.05) is 12.3 Å². The van der Waals surface area contributed by atoms with Gasteiger partial charge in [0.05, 0.1) is 0 Å². The van der Waals surface area contributed by atoms with E-state index in [-0.39, 0.29) is 11.6 Å². The maximum Gasteiger partial charge on any atom is 0.164 e. The fourth-order valence-corrected chi connectivity index (χ4v) is 2.57. The molecule has 0 saturated heterocycles. The van der Waals surface area contributed by atoms with Crippen LogP contribution in [0.2, 0.25) is 0 Å². The van der Waals surface area contributed by atoms with E-state index in [2.05, 4.69) is 29.7 Å². The van der Waals surface area contributed by atoms with Crippen molar-refractivity contribution in [2.24, 2.45) is 0 Å². The minimum atomic E-state index is -0.321. The first-order valence-corrected chi connectivity index (χ1v) is 6.98. The standard InChI is InChI=1S/C18H16FNO/c1-13-3-2-4-17-16(13)9-11-20(17)12-10-18(21)14-5-7-15(19)8-6-14/h2-9,11H,10,12H2,1H3. The highest BCUT2D eigenvalue weighted by atomic mass is 19.1. The molecule has 0 saturated carbocycles. The van der Waals surface area contributed by atoms with Gasteiger partial charge < -0.3 is 4.57 Å². The molecule has 106 valence electrons. The van der Waals surface area contributed by atoms with Crippen molar-refractivity contribution >= 4 is 16.7 Å². The molecule has 0 aliphatic carbocycles. The number of nitrogens with zero attached hydrogens (tertiary/aromatic N) is 1. The quantitative estimate of drug-likeness (QED) is 0.651. The first kappa shape index (κ1) is 13.6. The molecular formula is C18H16FNO. The highest BCUT2D eigenvalue weighted by molar-refractivity contribution is 5.96. The van der Waals surface area contributed by atoms with E-state index in [1.165, 1.54) is 35.2 Å². The summed E-state index contributed by atoms with van der Waals surface area (Å²) >= 11 is 0. The minimum Gasteiger partial charge on any atom is -0.347 e. The van der Waals surface area contributed by atoms with E-state index < -0.39 is 0 Å². The number of halogens is 1. The lowest BCUT2D eigenvalue weighted by Gasteiger charge is -2.06. The summed E-state index contributed by atoms with van der Waals surface area (Å²) < 4.78 is 14.9. The third-order valence-electron chi connectivity index (χ3n) is 3.78. The van der Waals surface area contributed by atoms with Crippen molar-refractivity contribution in [2.75, 3.05) is 0 Å². The average molecular weight is 281 g/mol. The maximum absolute atomic E-state index is 12.9. The molecule has 0 fully saturated rings. The maximum atomic E-state index is 12.9. The summed E-state index contributed by atoms with van der Waals surface area (Å²) in [5.74, 6) is -0.289. The third kappa shape index (κ3) is 2.72. The topological polar surface area (TPSA) is 22.0 Å². The predicted molar refractivity (Wildman–Crippen MR) is 82.0 cm³/mol. The van der Waals surface area contributed by atoms with Gasteiger partial charge in [-0.3, -0.25) is 4.79 Å². The van der Waals surface area contributed by atoms with E-state index in [0.29, 0.717) is 18.5 Å². The van der Waals surface area contributed by atoms with Crippen LogP contribution in [0.1, 0.15) is 22.3 Å². The Morgan fingerprint density at radius 1 is 1.10 bits per heavy atom. The molecule has 2 nitrogen and oxygen atoms in total. The Bertz CT molecular complexity index is 787. The van der Waals surface area contributed by atoms with Gasteiger partial charge in [0.25, 0.3) is 0 Å². The second-order valence-electron chi connectivity index (χ2n) is 5.20. The van der Waals surface area contributed by atoms with Crippen molar-refractivity contribution in [3.05, 3.63) is 71.7 Å². The van der Waals surface area contributed by atoms with Crippen LogP contribution < -0.4 is 0 Å².